The lowest BCUT2D eigenvalue weighted by Crippen LogP contribution is -2.41. The number of morpholine rings is 1. The quantitative estimate of drug-likeness (QED) is 0.800. The lowest BCUT2D eigenvalue weighted by atomic mass is 9.95. The number of hydrogen-bond donors (Lipinski definition) is 1. The Morgan fingerprint density at radius 2 is 2.11 bits per heavy atom. The summed E-state index contributed by atoms with van der Waals surface area (Å²) in [5.41, 5.74) is 1.42. The van der Waals surface area contributed by atoms with Crippen LogP contribution in [0.3, 0.4) is 0 Å². The average molecular weight is 386 g/mol. The van der Waals surface area contributed by atoms with Crippen molar-refractivity contribution in [3.05, 3.63) is 36.0 Å². The van der Waals surface area contributed by atoms with Crippen LogP contribution in [0.1, 0.15) is 34.9 Å². The van der Waals surface area contributed by atoms with Gasteiger partial charge in [0.2, 0.25) is 0 Å². The van der Waals surface area contributed by atoms with Crippen molar-refractivity contribution >= 4 is 11.7 Å². The SMILES string of the molecule is O=C(c1cncc(N2CCCC(c3ccn(CCO)n3)C2)n1)N1CCOCC1. The van der Waals surface area contributed by atoms with E-state index < -0.39 is 0 Å². The topological polar surface area (TPSA) is 96.6 Å². The summed E-state index contributed by atoms with van der Waals surface area (Å²) in [6, 6.07) is 2.02. The van der Waals surface area contributed by atoms with E-state index in [1.165, 1.54) is 0 Å². The first-order valence-corrected chi connectivity index (χ1v) is 9.83. The Bertz CT molecular complexity index is 804. The molecule has 28 heavy (non-hydrogen) atoms. The summed E-state index contributed by atoms with van der Waals surface area (Å²) in [5, 5.41) is 13.7. The van der Waals surface area contributed by atoms with E-state index in [1.807, 2.05) is 12.3 Å². The highest BCUT2D eigenvalue weighted by atomic mass is 16.5. The molecule has 1 amide bonds. The third-order valence-electron chi connectivity index (χ3n) is 5.29. The summed E-state index contributed by atoms with van der Waals surface area (Å²) >= 11 is 0. The maximum Gasteiger partial charge on any atom is 0.274 e. The van der Waals surface area contributed by atoms with E-state index in [9.17, 15) is 4.79 Å². The van der Waals surface area contributed by atoms with Gasteiger partial charge in [0.05, 0.1) is 44.5 Å². The number of carbonyl (C=O) groups is 1. The first-order chi connectivity index (χ1) is 13.7. The zero-order chi connectivity index (χ0) is 19.3. The van der Waals surface area contributed by atoms with Gasteiger partial charge in [-0.2, -0.15) is 5.10 Å². The normalized spacial score (nSPS) is 20.4. The van der Waals surface area contributed by atoms with Crippen molar-refractivity contribution in [1.82, 2.24) is 24.6 Å². The number of nitrogens with zero attached hydrogens (tertiary/aromatic N) is 6. The molecule has 1 atom stereocenters. The van der Waals surface area contributed by atoms with Gasteiger partial charge >= 0.3 is 0 Å². The second kappa shape index (κ2) is 8.66. The van der Waals surface area contributed by atoms with Crippen LogP contribution in [0.2, 0.25) is 0 Å². The number of aliphatic hydroxyl groups is 1. The summed E-state index contributed by atoms with van der Waals surface area (Å²) in [7, 11) is 0. The predicted molar refractivity (Wildman–Crippen MR) is 102 cm³/mol. The van der Waals surface area contributed by atoms with Crippen LogP contribution in [0.25, 0.3) is 0 Å². The zero-order valence-electron chi connectivity index (χ0n) is 15.9. The standard InChI is InChI=1S/C19H26N6O3/c26-9-6-25-5-3-16(22-25)15-2-1-4-24(14-15)18-13-20-12-17(21-18)19(27)23-7-10-28-11-8-23/h3,5,12-13,15,26H,1-2,4,6-11,14H2. The third kappa shape index (κ3) is 4.15. The van der Waals surface area contributed by atoms with E-state index in [1.54, 1.807) is 22.0 Å². The number of anilines is 1. The fraction of sp³-hybridized carbons (Fsp3) is 0.579. The molecule has 2 saturated heterocycles. The highest BCUT2D eigenvalue weighted by molar-refractivity contribution is 5.92. The Hall–Kier alpha value is -2.52. The zero-order valence-corrected chi connectivity index (χ0v) is 15.9. The molecule has 2 aliphatic rings. The highest BCUT2D eigenvalue weighted by Gasteiger charge is 2.26. The van der Waals surface area contributed by atoms with E-state index in [4.69, 9.17) is 9.84 Å². The van der Waals surface area contributed by atoms with Gasteiger partial charge in [0.15, 0.2) is 0 Å². The Morgan fingerprint density at radius 1 is 1.25 bits per heavy atom. The molecule has 4 heterocycles. The Kier molecular flexibility index (Phi) is 5.82. The van der Waals surface area contributed by atoms with Crippen LogP contribution in [-0.2, 0) is 11.3 Å². The fourth-order valence-electron chi connectivity index (χ4n) is 3.79. The number of aliphatic hydroxyl groups excluding tert-OH is 1. The van der Waals surface area contributed by atoms with Crippen LogP contribution in [0.15, 0.2) is 24.7 Å². The van der Waals surface area contributed by atoms with E-state index >= 15 is 0 Å². The Labute approximate surface area is 163 Å². The van der Waals surface area contributed by atoms with Crippen molar-refractivity contribution in [3.8, 4) is 0 Å². The molecular weight excluding hydrogens is 360 g/mol. The minimum absolute atomic E-state index is 0.0808. The summed E-state index contributed by atoms with van der Waals surface area (Å²) in [5.74, 6) is 0.946. The molecule has 0 aliphatic carbocycles. The molecule has 0 radical (unpaired) electrons. The van der Waals surface area contributed by atoms with Gasteiger partial charge in [0.25, 0.3) is 5.91 Å². The lowest BCUT2D eigenvalue weighted by molar-refractivity contribution is 0.0298. The van der Waals surface area contributed by atoms with Crippen LogP contribution >= 0.6 is 0 Å². The van der Waals surface area contributed by atoms with Gasteiger partial charge in [-0.15, -0.1) is 0 Å². The Balaban J connectivity index is 1.46. The number of carbonyl (C=O) groups excluding carboxylic acids is 1. The maximum atomic E-state index is 12.7. The van der Waals surface area contributed by atoms with E-state index in [-0.39, 0.29) is 12.5 Å². The van der Waals surface area contributed by atoms with Crippen molar-refractivity contribution < 1.29 is 14.6 Å². The smallest absolute Gasteiger partial charge is 0.274 e. The predicted octanol–water partition coefficient (Wildman–Crippen LogP) is 0.522. The van der Waals surface area contributed by atoms with Gasteiger partial charge in [0.1, 0.15) is 11.5 Å². The monoisotopic (exact) mass is 386 g/mol. The summed E-state index contributed by atoms with van der Waals surface area (Å²) in [6.07, 6.45) is 7.27. The van der Waals surface area contributed by atoms with Gasteiger partial charge in [-0.05, 0) is 18.9 Å². The van der Waals surface area contributed by atoms with Gasteiger partial charge in [-0.1, -0.05) is 0 Å². The number of piperidine rings is 1. The first-order valence-electron chi connectivity index (χ1n) is 9.83. The van der Waals surface area contributed by atoms with Crippen molar-refractivity contribution in [3.63, 3.8) is 0 Å². The van der Waals surface area contributed by atoms with Gasteiger partial charge in [-0.25, -0.2) is 4.98 Å². The fourth-order valence-corrected chi connectivity index (χ4v) is 3.79. The van der Waals surface area contributed by atoms with E-state index in [0.717, 1.165) is 37.4 Å². The molecule has 0 aromatic carbocycles. The molecule has 2 fully saturated rings. The molecule has 2 aromatic heterocycles. The third-order valence-corrected chi connectivity index (χ3v) is 5.29. The van der Waals surface area contributed by atoms with Crippen molar-refractivity contribution in [2.45, 2.75) is 25.3 Å². The van der Waals surface area contributed by atoms with Crippen LogP contribution in [0.4, 0.5) is 5.82 Å². The summed E-state index contributed by atoms with van der Waals surface area (Å²) < 4.78 is 7.09. The Morgan fingerprint density at radius 3 is 2.93 bits per heavy atom. The maximum absolute atomic E-state index is 12.7. The lowest BCUT2D eigenvalue weighted by Gasteiger charge is -2.33. The number of aromatic nitrogens is 4. The van der Waals surface area contributed by atoms with Gasteiger partial charge < -0.3 is 19.6 Å². The second-order valence-corrected chi connectivity index (χ2v) is 7.18. The van der Waals surface area contributed by atoms with Crippen LogP contribution < -0.4 is 4.90 Å². The molecule has 9 nitrogen and oxygen atoms in total. The van der Waals surface area contributed by atoms with Crippen LogP contribution in [0, 0.1) is 0 Å². The van der Waals surface area contributed by atoms with Crippen LogP contribution in [-0.4, -0.2) is 81.7 Å². The van der Waals surface area contributed by atoms with Gasteiger partial charge in [0, 0.05) is 38.3 Å². The molecule has 2 aromatic rings. The number of ether oxygens (including phenoxy) is 1. The molecule has 0 saturated carbocycles. The number of rotatable bonds is 5. The van der Waals surface area contributed by atoms with Crippen molar-refractivity contribution in [1.29, 1.82) is 0 Å². The molecule has 1 unspecified atom stereocenters. The highest BCUT2D eigenvalue weighted by Crippen LogP contribution is 2.28. The molecule has 2 aliphatic heterocycles. The van der Waals surface area contributed by atoms with E-state index in [0.29, 0.717) is 44.5 Å². The molecule has 9 heteroatoms. The molecular formula is C19H26N6O3. The first kappa shape index (κ1) is 18.8. The van der Waals surface area contributed by atoms with E-state index in [2.05, 4.69) is 20.0 Å². The molecule has 150 valence electrons. The molecule has 0 bridgehead atoms. The summed E-state index contributed by atoms with van der Waals surface area (Å²) in [4.78, 5) is 25.5. The molecule has 0 spiro atoms. The molecule has 1 N–H and O–H groups in total. The van der Waals surface area contributed by atoms with Gasteiger partial charge in [-0.3, -0.25) is 14.5 Å². The second-order valence-electron chi connectivity index (χ2n) is 7.18. The molecule has 4 rings (SSSR count). The minimum Gasteiger partial charge on any atom is -0.394 e. The van der Waals surface area contributed by atoms with Crippen molar-refractivity contribution in [2.24, 2.45) is 0 Å². The van der Waals surface area contributed by atoms with Crippen LogP contribution in [0.5, 0.6) is 0 Å². The number of amides is 1. The van der Waals surface area contributed by atoms with Crippen molar-refractivity contribution in [2.75, 3.05) is 50.9 Å². The minimum atomic E-state index is -0.0889. The largest absolute Gasteiger partial charge is 0.394 e. The average Bonchev–Trinajstić information content (AvgIpc) is 3.23. The number of hydrogen-bond acceptors (Lipinski definition) is 7. The summed E-state index contributed by atoms with van der Waals surface area (Å²) in [6.45, 7) is 4.58.